The molecule has 0 spiro atoms. The van der Waals surface area contributed by atoms with Crippen LogP contribution < -0.4 is 4.90 Å². The molecule has 0 saturated carbocycles. The van der Waals surface area contributed by atoms with Crippen molar-refractivity contribution in [1.29, 1.82) is 0 Å². The van der Waals surface area contributed by atoms with Gasteiger partial charge >= 0.3 is 5.97 Å². The van der Waals surface area contributed by atoms with Crippen molar-refractivity contribution in [2.45, 2.75) is 31.2 Å². The van der Waals surface area contributed by atoms with E-state index in [4.69, 9.17) is 4.74 Å². The molecule has 3 aromatic rings. The molecule has 5 nitrogen and oxygen atoms in total. The Morgan fingerprint density at radius 2 is 1.93 bits per heavy atom. The zero-order valence-electron chi connectivity index (χ0n) is 17.0. The van der Waals surface area contributed by atoms with Gasteiger partial charge in [0.25, 0.3) is 0 Å². The molecule has 0 bridgehead atoms. The van der Waals surface area contributed by atoms with E-state index in [1.54, 1.807) is 6.92 Å². The lowest BCUT2D eigenvalue weighted by Gasteiger charge is -2.23. The highest BCUT2D eigenvalue weighted by Crippen LogP contribution is 2.26. The third kappa shape index (κ3) is 6.43. The molecule has 1 aromatic heterocycles. The molecule has 0 unspecified atom stereocenters. The Morgan fingerprint density at radius 1 is 1.13 bits per heavy atom. The van der Waals surface area contributed by atoms with Crippen molar-refractivity contribution in [2.24, 2.45) is 0 Å². The number of esters is 1. The summed E-state index contributed by atoms with van der Waals surface area (Å²) in [5.74, 6) is -0.00634. The summed E-state index contributed by atoms with van der Waals surface area (Å²) in [6.07, 6.45) is 0.155. The molecule has 1 amide bonds. The number of benzene rings is 2. The van der Waals surface area contributed by atoms with Crippen molar-refractivity contribution < 1.29 is 14.3 Å². The van der Waals surface area contributed by atoms with Gasteiger partial charge < -0.3 is 9.64 Å². The van der Waals surface area contributed by atoms with Gasteiger partial charge in [-0.2, -0.15) is 0 Å². The van der Waals surface area contributed by atoms with Gasteiger partial charge in [-0.3, -0.25) is 9.59 Å². The Balaban J connectivity index is 1.68. The van der Waals surface area contributed by atoms with Gasteiger partial charge in [0.1, 0.15) is 0 Å². The highest BCUT2D eigenvalue weighted by Gasteiger charge is 2.18. The van der Waals surface area contributed by atoms with E-state index in [0.717, 1.165) is 21.2 Å². The van der Waals surface area contributed by atoms with Crippen molar-refractivity contribution in [3.05, 3.63) is 76.8 Å². The Bertz CT molecular complexity index is 989. The Labute approximate surface area is 185 Å². The van der Waals surface area contributed by atoms with Crippen LogP contribution in [0, 0.1) is 6.92 Å². The highest BCUT2D eigenvalue weighted by molar-refractivity contribution is 8.01. The lowest BCUT2D eigenvalue weighted by molar-refractivity contribution is -0.142. The second-order valence-corrected chi connectivity index (χ2v) is 8.76. The maximum absolute atomic E-state index is 13.1. The van der Waals surface area contributed by atoms with Crippen LogP contribution in [0.3, 0.4) is 0 Å². The number of anilines is 1. The van der Waals surface area contributed by atoms with Gasteiger partial charge in [0.05, 0.1) is 31.0 Å². The first-order chi connectivity index (χ1) is 14.5. The van der Waals surface area contributed by atoms with Gasteiger partial charge in [0.15, 0.2) is 4.34 Å². The number of nitrogens with zero attached hydrogens (tertiary/aromatic N) is 2. The molecule has 0 radical (unpaired) electrons. The smallest absolute Gasteiger partial charge is 0.311 e. The number of carbonyl (C=O) groups is 2. The summed E-state index contributed by atoms with van der Waals surface area (Å²) in [5.41, 5.74) is 3.73. The maximum atomic E-state index is 13.1. The van der Waals surface area contributed by atoms with E-state index < -0.39 is 0 Å². The largest absolute Gasteiger partial charge is 0.466 e. The van der Waals surface area contributed by atoms with Gasteiger partial charge in [-0.1, -0.05) is 54.2 Å². The van der Waals surface area contributed by atoms with Crippen molar-refractivity contribution in [2.75, 3.05) is 17.3 Å². The normalized spacial score (nSPS) is 10.6. The van der Waals surface area contributed by atoms with Crippen LogP contribution in [0.2, 0.25) is 0 Å². The van der Waals surface area contributed by atoms with E-state index in [1.165, 1.54) is 23.1 Å². The number of hydrogen-bond acceptors (Lipinski definition) is 6. The topological polar surface area (TPSA) is 59.5 Å². The minimum Gasteiger partial charge on any atom is -0.466 e. The first-order valence-electron chi connectivity index (χ1n) is 9.69. The molecule has 3 rings (SSSR count). The van der Waals surface area contributed by atoms with Crippen molar-refractivity contribution in [1.82, 2.24) is 4.98 Å². The molecule has 156 valence electrons. The Kier molecular flexibility index (Phi) is 8.04. The number of aromatic nitrogens is 1. The van der Waals surface area contributed by atoms with Crippen LogP contribution in [-0.4, -0.2) is 29.2 Å². The molecule has 30 heavy (non-hydrogen) atoms. The van der Waals surface area contributed by atoms with E-state index >= 15 is 0 Å². The molecular weight excluding hydrogens is 416 g/mol. The second kappa shape index (κ2) is 10.9. The minimum absolute atomic E-state index is 0.0107. The van der Waals surface area contributed by atoms with Crippen LogP contribution in [0.1, 0.15) is 23.7 Å². The summed E-state index contributed by atoms with van der Waals surface area (Å²) in [4.78, 5) is 31.0. The number of hydrogen-bond donors (Lipinski definition) is 0. The van der Waals surface area contributed by atoms with Gasteiger partial charge in [-0.25, -0.2) is 4.98 Å². The lowest BCUT2D eigenvalue weighted by atomic mass is 10.1. The van der Waals surface area contributed by atoms with Crippen LogP contribution in [0.4, 0.5) is 5.69 Å². The maximum Gasteiger partial charge on any atom is 0.311 e. The number of thioether (sulfide) groups is 1. The van der Waals surface area contributed by atoms with Crippen molar-refractivity contribution >= 4 is 40.7 Å². The summed E-state index contributed by atoms with van der Waals surface area (Å²) >= 11 is 2.83. The molecule has 0 atom stereocenters. The summed E-state index contributed by atoms with van der Waals surface area (Å²) in [5, 5.41) is 1.84. The zero-order valence-corrected chi connectivity index (χ0v) is 18.7. The minimum atomic E-state index is -0.288. The summed E-state index contributed by atoms with van der Waals surface area (Å²) < 4.78 is 5.73. The average Bonchev–Trinajstić information content (AvgIpc) is 3.18. The molecule has 0 aliphatic rings. The number of ether oxygens (including phenoxy) is 1. The molecule has 7 heteroatoms. The highest BCUT2D eigenvalue weighted by atomic mass is 32.2. The molecule has 1 heterocycles. The number of carbonyl (C=O) groups excluding carboxylic acids is 2. The van der Waals surface area contributed by atoms with Crippen LogP contribution in [0.15, 0.2) is 64.3 Å². The van der Waals surface area contributed by atoms with Crippen LogP contribution >= 0.6 is 23.1 Å². The first kappa shape index (κ1) is 22.1. The zero-order chi connectivity index (χ0) is 21.3. The summed E-state index contributed by atoms with van der Waals surface area (Å²) in [7, 11) is 0. The van der Waals surface area contributed by atoms with E-state index in [1.807, 2.05) is 71.8 Å². The molecule has 0 saturated heterocycles. The summed E-state index contributed by atoms with van der Waals surface area (Å²) in [6, 6.07) is 17.9. The predicted molar refractivity (Wildman–Crippen MR) is 122 cm³/mol. The number of amides is 1. The van der Waals surface area contributed by atoms with Crippen molar-refractivity contribution in [3.63, 3.8) is 0 Å². The lowest BCUT2D eigenvalue weighted by Crippen LogP contribution is -2.32. The average molecular weight is 441 g/mol. The third-order valence-electron chi connectivity index (χ3n) is 4.28. The Hall–Kier alpha value is -2.64. The van der Waals surface area contributed by atoms with E-state index in [0.29, 0.717) is 18.8 Å². The number of aryl methyl sites for hydroxylation is 1. The van der Waals surface area contributed by atoms with Crippen LogP contribution in [0.5, 0.6) is 0 Å². The van der Waals surface area contributed by atoms with Gasteiger partial charge in [0, 0.05) is 11.1 Å². The van der Waals surface area contributed by atoms with Gasteiger partial charge in [-0.05, 0) is 37.1 Å². The molecule has 0 N–H and O–H groups in total. The molecule has 0 fully saturated rings. The van der Waals surface area contributed by atoms with E-state index in [2.05, 4.69) is 4.98 Å². The SMILES string of the molecule is CCOC(=O)Cc1csc(SCC(=O)N(Cc2ccccc2)c2cccc(C)c2)n1. The molecule has 2 aromatic carbocycles. The fraction of sp³-hybridized carbons (Fsp3) is 0.261. The van der Waals surface area contributed by atoms with E-state index in [9.17, 15) is 9.59 Å². The van der Waals surface area contributed by atoms with Crippen LogP contribution in [0.25, 0.3) is 0 Å². The number of rotatable bonds is 9. The van der Waals surface area contributed by atoms with Gasteiger partial charge in [0.2, 0.25) is 5.91 Å². The monoisotopic (exact) mass is 440 g/mol. The predicted octanol–water partition coefficient (Wildman–Crippen LogP) is 4.88. The Morgan fingerprint density at radius 3 is 2.67 bits per heavy atom. The third-order valence-corrected chi connectivity index (χ3v) is 6.33. The molecular formula is C23H24N2O3S2. The number of thiazole rings is 1. The first-order valence-corrected chi connectivity index (χ1v) is 11.6. The molecule has 0 aliphatic carbocycles. The second-order valence-electron chi connectivity index (χ2n) is 6.68. The van der Waals surface area contributed by atoms with Crippen molar-refractivity contribution in [3.8, 4) is 0 Å². The van der Waals surface area contributed by atoms with Gasteiger partial charge in [-0.15, -0.1) is 11.3 Å². The fourth-order valence-corrected chi connectivity index (χ4v) is 4.60. The molecule has 0 aliphatic heterocycles. The fourth-order valence-electron chi connectivity index (χ4n) is 2.88. The van der Waals surface area contributed by atoms with Crippen LogP contribution in [-0.2, 0) is 27.3 Å². The quantitative estimate of drug-likeness (QED) is 0.350. The van der Waals surface area contributed by atoms with E-state index in [-0.39, 0.29) is 24.1 Å². The standard InChI is InChI=1S/C23H24N2O3S2/c1-3-28-22(27)13-19-15-29-23(24-19)30-16-21(26)25(14-18-9-5-4-6-10-18)20-11-7-8-17(2)12-20/h4-12,15H,3,13-14,16H2,1-2H3. The summed E-state index contributed by atoms with van der Waals surface area (Å²) in [6.45, 7) is 4.66.